The van der Waals surface area contributed by atoms with Gasteiger partial charge in [-0.05, 0) is 24.1 Å². The van der Waals surface area contributed by atoms with Gasteiger partial charge in [-0.2, -0.15) is 0 Å². The van der Waals surface area contributed by atoms with Crippen LogP contribution in [0, 0.1) is 6.92 Å². The summed E-state index contributed by atoms with van der Waals surface area (Å²) < 4.78 is 0. The van der Waals surface area contributed by atoms with Crippen LogP contribution < -0.4 is 0 Å². The van der Waals surface area contributed by atoms with Crippen molar-refractivity contribution >= 4 is 46.6 Å². The Balaban J connectivity index is 2.16. The number of pyridine rings is 1. The molecule has 0 aliphatic carbocycles. The van der Waals surface area contributed by atoms with Crippen molar-refractivity contribution in [1.29, 1.82) is 0 Å². The molecule has 0 N–H and O–H groups in total. The topological polar surface area (TPSA) is 12.9 Å². The van der Waals surface area contributed by atoms with Gasteiger partial charge < -0.3 is 0 Å². The zero-order chi connectivity index (χ0) is 13.1. The molecule has 0 fully saturated rings. The van der Waals surface area contributed by atoms with Gasteiger partial charge in [-0.15, -0.1) is 11.8 Å². The van der Waals surface area contributed by atoms with Gasteiger partial charge in [0.25, 0.3) is 0 Å². The molecule has 1 aromatic heterocycles. The summed E-state index contributed by atoms with van der Waals surface area (Å²) in [5, 5.41) is 1.90. The molecule has 0 spiro atoms. The van der Waals surface area contributed by atoms with Crippen molar-refractivity contribution in [2.24, 2.45) is 0 Å². The second-order valence-electron chi connectivity index (χ2n) is 3.76. The first-order valence-corrected chi connectivity index (χ1v) is 7.38. The van der Waals surface area contributed by atoms with Crippen molar-refractivity contribution < 1.29 is 0 Å². The quantitative estimate of drug-likeness (QED) is 0.536. The predicted molar refractivity (Wildman–Crippen MR) is 80.0 cm³/mol. The molecule has 0 aliphatic rings. The summed E-state index contributed by atoms with van der Waals surface area (Å²) in [5.74, 6) is 0.803. The first-order valence-electron chi connectivity index (χ1n) is 5.27. The van der Waals surface area contributed by atoms with Gasteiger partial charge in [-0.1, -0.05) is 59.1 Å². The summed E-state index contributed by atoms with van der Waals surface area (Å²) in [6, 6.07) is 9.84. The molecule has 0 saturated carbocycles. The van der Waals surface area contributed by atoms with Crippen molar-refractivity contribution in [3.05, 3.63) is 56.7 Å². The van der Waals surface area contributed by atoms with Gasteiger partial charge in [0, 0.05) is 5.75 Å². The second-order valence-corrected chi connectivity index (χ2v) is 5.90. The number of hydrogen-bond donors (Lipinski definition) is 0. The van der Waals surface area contributed by atoms with E-state index in [1.54, 1.807) is 17.8 Å². The molecule has 0 amide bonds. The molecule has 0 radical (unpaired) electrons. The van der Waals surface area contributed by atoms with Crippen molar-refractivity contribution in [2.45, 2.75) is 17.7 Å². The highest BCUT2D eigenvalue weighted by molar-refractivity contribution is 7.98. The van der Waals surface area contributed by atoms with Crippen molar-refractivity contribution in [2.75, 3.05) is 0 Å². The molecule has 0 bridgehead atoms. The molecule has 0 aliphatic heterocycles. The Morgan fingerprint density at radius 2 is 1.83 bits per heavy atom. The summed E-state index contributed by atoms with van der Waals surface area (Å²) in [7, 11) is 0. The Kier molecular flexibility index (Phi) is 4.79. The summed E-state index contributed by atoms with van der Waals surface area (Å²) in [6.07, 6.45) is 0. The highest BCUT2D eigenvalue weighted by atomic mass is 35.5. The molecule has 1 nitrogen and oxygen atoms in total. The lowest BCUT2D eigenvalue weighted by molar-refractivity contribution is 1.13. The van der Waals surface area contributed by atoms with E-state index in [2.05, 4.69) is 24.0 Å². The fourth-order valence-electron chi connectivity index (χ4n) is 1.45. The number of aryl methyl sites for hydroxylation is 1. The van der Waals surface area contributed by atoms with Gasteiger partial charge in [0.05, 0.1) is 10.0 Å². The number of halogens is 3. The molecular weight excluding hydrogens is 309 g/mol. The van der Waals surface area contributed by atoms with Crippen molar-refractivity contribution in [3.8, 4) is 0 Å². The van der Waals surface area contributed by atoms with E-state index in [-0.39, 0.29) is 5.15 Å². The van der Waals surface area contributed by atoms with Crippen LogP contribution in [0.3, 0.4) is 0 Å². The maximum atomic E-state index is 6.08. The molecule has 1 heterocycles. The van der Waals surface area contributed by atoms with Crippen LogP contribution in [0.25, 0.3) is 0 Å². The average molecular weight is 319 g/mol. The minimum atomic E-state index is 0.286. The monoisotopic (exact) mass is 317 g/mol. The second kappa shape index (κ2) is 6.16. The van der Waals surface area contributed by atoms with E-state index in [4.69, 9.17) is 34.8 Å². The van der Waals surface area contributed by atoms with Crippen LogP contribution in [0.1, 0.15) is 11.1 Å². The Labute approximate surface area is 125 Å². The molecule has 94 valence electrons. The van der Waals surface area contributed by atoms with Crippen LogP contribution in [-0.4, -0.2) is 4.98 Å². The van der Waals surface area contributed by atoms with E-state index >= 15 is 0 Å². The lowest BCUT2D eigenvalue weighted by atomic mass is 10.1. The number of thioether (sulfide) groups is 1. The van der Waals surface area contributed by atoms with Gasteiger partial charge in [0.15, 0.2) is 0 Å². The van der Waals surface area contributed by atoms with Crippen LogP contribution in [0.15, 0.2) is 35.4 Å². The van der Waals surface area contributed by atoms with Crippen LogP contribution in [0.2, 0.25) is 15.2 Å². The molecule has 0 atom stereocenters. The Morgan fingerprint density at radius 3 is 2.56 bits per heavy atom. The number of aromatic nitrogens is 1. The predicted octanol–water partition coefficient (Wildman–Crippen LogP) is 5.64. The smallest absolute Gasteiger partial charge is 0.149 e. The first kappa shape index (κ1) is 14.0. The molecule has 2 rings (SSSR count). The number of rotatable bonds is 3. The number of benzene rings is 1. The summed E-state index contributed by atoms with van der Waals surface area (Å²) in [5.41, 5.74) is 2.51. The Morgan fingerprint density at radius 1 is 1.11 bits per heavy atom. The van der Waals surface area contributed by atoms with Crippen molar-refractivity contribution in [1.82, 2.24) is 4.98 Å². The highest BCUT2D eigenvalue weighted by Crippen LogP contribution is 2.33. The van der Waals surface area contributed by atoms with E-state index in [0.717, 1.165) is 5.75 Å². The van der Waals surface area contributed by atoms with E-state index in [0.29, 0.717) is 15.1 Å². The Bertz CT molecular complexity index is 572. The largest absolute Gasteiger partial charge is 0.227 e. The highest BCUT2D eigenvalue weighted by Gasteiger charge is 2.09. The van der Waals surface area contributed by atoms with Gasteiger partial charge in [0.1, 0.15) is 10.2 Å². The molecule has 0 saturated heterocycles. The van der Waals surface area contributed by atoms with E-state index in [1.807, 2.05) is 12.1 Å². The van der Waals surface area contributed by atoms with Gasteiger partial charge in [0.2, 0.25) is 0 Å². The van der Waals surface area contributed by atoms with E-state index in [9.17, 15) is 0 Å². The third kappa shape index (κ3) is 3.33. The normalized spacial score (nSPS) is 10.7. The van der Waals surface area contributed by atoms with Crippen LogP contribution in [-0.2, 0) is 5.75 Å². The Hall–Kier alpha value is -0.410. The van der Waals surface area contributed by atoms with Crippen LogP contribution >= 0.6 is 46.6 Å². The van der Waals surface area contributed by atoms with E-state index in [1.165, 1.54) is 11.1 Å². The number of hydrogen-bond acceptors (Lipinski definition) is 2. The lowest BCUT2D eigenvalue weighted by Crippen LogP contribution is -1.88. The fraction of sp³-hybridized carbons (Fsp3) is 0.154. The van der Waals surface area contributed by atoms with Gasteiger partial charge in [-0.3, -0.25) is 0 Å². The minimum Gasteiger partial charge on any atom is -0.227 e. The average Bonchev–Trinajstić information content (AvgIpc) is 2.34. The zero-order valence-corrected chi connectivity index (χ0v) is 12.7. The molecule has 0 unspecified atom stereocenters. The molecule has 1 aromatic carbocycles. The van der Waals surface area contributed by atoms with Gasteiger partial charge in [-0.25, -0.2) is 4.98 Å². The van der Waals surface area contributed by atoms with Crippen LogP contribution in [0.4, 0.5) is 0 Å². The maximum Gasteiger partial charge on any atom is 0.149 e. The number of nitrogens with zero attached hydrogens (tertiary/aromatic N) is 1. The summed E-state index contributed by atoms with van der Waals surface area (Å²) >= 11 is 19.4. The third-order valence-corrected chi connectivity index (χ3v) is 4.59. The molecule has 2 aromatic rings. The molecular formula is C13H10Cl3NS. The first-order chi connectivity index (χ1) is 8.58. The molecule has 18 heavy (non-hydrogen) atoms. The summed E-state index contributed by atoms with van der Waals surface area (Å²) in [6.45, 7) is 2.08. The zero-order valence-electron chi connectivity index (χ0n) is 9.58. The standard InChI is InChI=1S/C13H10Cl3NS/c1-8-4-2-3-5-9(8)7-18-13-11(15)6-10(14)12(16)17-13/h2-6H,7H2,1H3. The fourth-order valence-corrected chi connectivity index (χ4v) is 3.13. The maximum absolute atomic E-state index is 6.08. The SMILES string of the molecule is Cc1ccccc1CSc1nc(Cl)c(Cl)cc1Cl. The van der Waals surface area contributed by atoms with Gasteiger partial charge >= 0.3 is 0 Å². The minimum absolute atomic E-state index is 0.286. The van der Waals surface area contributed by atoms with E-state index < -0.39 is 0 Å². The lowest BCUT2D eigenvalue weighted by Gasteiger charge is -2.07. The van der Waals surface area contributed by atoms with Crippen LogP contribution in [0.5, 0.6) is 0 Å². The molecule has 5 heteroatoms. The third-order valence-electron chi connectivity index (χ3n) is 2.48. The summed E-state index contributed by atoms with van der Waals surface area (Å²) in [4.78, 5) is 4.18. The van der Waals surface area contributed by atoms with Crippen molar-refractivity contribution in [3.63, 3.8) is 0 Å².